The maximum Gasteiger partial charge on any atom is 0.213 e. The average molecular weight is 405 g/mol. The van der Waals surface area contributed by atoms with E-state index in [1.54, 1.807) is 6.20 Å². The molecule has 3 aliphatic rings. The summed E-state index contributed by atoms with van der Waals surface area (Å²) in [5.74, 6) is 0.793. The first kappa shape index (κ1) is 19.7. The lowest BCUT2D eigenvalue weighted by molar-refractivity contribution is 0.0981. The van der Waals surface area contributed by atoms with Crippen molar-refractivity contribution in [3.63, 3.8) is 0 Å². The Labute approximate surface area is 179 Å². The quantitative estimate of drug-likeness (QED) is 0.623. The summed E-state index contributed by atoms with van der Waals surface area (Å²) < 4.78 is 5.78. The van der Waals surface area contributed by atoms with E-state index in [9.17, 15) is 4.79 Å². The molecule has 2 saturated carbocycles. The summed E-state index contributed by atoms with van der Waals surface area (Å²) in [7, 11) is 0. The highest BCUT2D eigenvalue weighted by Gasteiger charge is 2.26. The smallest absolute Gasteiger partial charge is 0.213 e. The maximum absolute atomic E-state index is 12.6. The number of rotatable bonds is 7. The van der Waals surface area contributed by atoms with Crippen molar-refractivity contribution >= 4 is 5.78 Å². The van der Waals surface area contributed by atoms with Crippen LogP contribution in [0.15, 0.2) is 36.5 Å². The molecule has 0 bridgehead atoms. The number of carbonyl (C=O) groups excluding carboxylic acids is 1. The van der Waals surface area contributed by atoms with Crippen molar-refractivity contribution in [1.29, 1.82) is 0 Å². The maximum atomic E-state index is 12.6. The van der Waals surface area contributed by atoms with Gasteiger partial charge >= 0.3 is 0 Å². The van der Waals surface area contributed by atoms with E-state index in [-0.39, 0.29) is 5.78 Å². The summed E-state index contributed by atoms with van der Waals surface area (Å²) in [4.78, 5) is 19.7. The number of aryl methyl sites for hydroxylation is 1. The zero-order valence-corrected chi connectivity index (χ0v) is 17.8. The second kappa shape index (κ2) is 8.89. The van der Waals surface area contributed by atoms with Crippen molar-refractivity contribution in [3.8, 4) is 5.88 Å². The van der Waals surface area contributed by atoms with Crippen LogP contribution in [0.4, 0.5) is 0 Å². The molecule has 2 heterocycles. The number of benzene rings is 1. The molecule has 5 rings (SSSR count). The number of fused-ring (bicyclic) bond motifs is 1. The predicted molar refractivity (Wildman–Crippen MR) is 118 cm³/mol. The lowest BCUT2D eigenvalue weighted by Gasteiger charge is -2.36. The van der Waals surface area contributed by atoms with Crippen molar-refractivity contribution in [2.24, 2.45) is 0 Å². The molecule has 2 fully saturated rings. The molecule has 1 aliphatic heterocycles. The third-order valence-corrected chi connectivity index (χ3v) is 7.24. The number of Topliss-reactive ketones (excluding diaryl/α,β-unsaturated/α-hetero) is 1. The molecule has 1 aromatic carbocycles. The van der Waals surface area contributed by atoms with Crippen molar-refractivity contribution in [3.05, 3.63) is 58.8 Å². The summed E-state index contributed by atoms with van der Waals surface area (Å²) in [6.45, 7) is 2.38. The number of hydrogen-bond donors (Lipinski definition) is 0. The Morgan fingerprint density at radius 3 is 2.47 bits per heavy atom. The van der Waals surface area contributed by atoms with Gasteiger partial charge in [0, 0.05) is 43.4 Å². The highest BCUT2D eigenvalue weighted by Crippen LogP contribution is 2.28. The van der Waals surface area contributed by atoms with Crippen LogP contribution in [-0.4, -0.2) is 40.9 Å². The van der Waals surface area contributed by atoms with Crippen LogP contribution >= 0.6 is 0 Å². The fourth-order valence-electron chi connectivity index (χ4n) is 4.74. The Hall–Kier alpha value is -2.20. The van der Waals surface area contributed by atoms with Crippen LogP contribution in [0.3, 0.4) is 0 Å². The van der Waals surface area contributed by atoms with Crippen molar-refractivity contribution in [1.82, 2.24) is 9.88 Å². The van der Waals surface area contributed by atoms with Crippen LogP contribution in [0, 0.1) is 0 Å². The molecule has 0 spiro atoms. The minimum absolute atomic E-state index is 0.156. The predicted octanol–water partition coefficient (Wildman–Crippen LogP) is 4.78. The minimum atomic E-state index is 0.156. The fraction of sp³-hybridized carbons (Fsp3) is 0.538. The summed E-state index contributed by atoms with van der Waals surface area (Å²) in [6, 6.07) is 11.4. The molecule has 4 heteroatoms. The van der Waals surface area contributed by atoms with Gasteiger partial charge in [-0.1, -0.05) is 24.6 Å². The number of ketones is 1. The van der Waals surface area contributed by atoms with E-state index in [1.165, 1.54) is 55.5 Å². The highest BCUT2D eigenvalue weighted by atomic mass is 16.5. The van der Waals surface area contributed by atoms with E-state index in [0.29, 0.717) is 24.0 Å². The first-order valence-corrected chi connectivity index (χ1v) is 11.8. The average Bonchev–Trinajstić information content (AvgIpc) is 2.90. The van der Waals surface area contributed by atoms with E-state index in [4.69, 9.17) is 4.74 Å². The van der Waals surface area contributed by atoms with Crippen LogP contribution in [0.1, 0.15) is 72.0 Å². The van der Waals surface area contributed by atoms with Gasteiger partial charge in [-0.05, 0) is 74.1 Å². The molecule has 0 unspecified atom stereocenters. The molecule has 0 N–H and O–H groups in total. The zero-order chi connectivity index (χ0) is 20.3. The second-order valence-electron chi connectivity index (χ2n) is 9.20. The normalized spacial score (nSPS) is 20.0. The van der Waals surface area contributed by atoms with E-state index >= 15 is 0 Å². The Kier molecular flexibility index (Phi) is 5.85. The van der Waals surface area contributed by atoms with Gasteiger partial charge in [0.15, 0.2) is 5.78 Å². The molecule has 30 heavy (non-hydrogen) atoms. The molecular weight excluding hydrogens is 372 g/mol. The summed E-state index contributed by atoms with van der Waals surface area (Å²) in [5, 5.41) is 0. The molecule has 1 aromatic heterocycles. The van der Waals surface area contributed by atoms with E-state index in [2.05, 4.69) is 28.1 Å². The number of nitrogens with zero attached hydrogens (tertiary/aromatic N) is 2. The molecule has 2 aromatic rings. The van der Waals surface area contributed by atoms with Crippen molar-refractivity contribution in [2.75, 3.05) is 13.1 Å². The SMILES string of the molecule is O=C(CCc1ccc2c(c1)CCN(C1CCC1)CC2)c1ccc(OC2CCC2)nc1. The molecule has 0 radical (unpaired) electrons. The topological polar surface area (TPSA) is 42.4 Å². The lowest BCUT2D eigenvalue weighted by atomic mass is 9.91. The minimum Gasteiger partial charge on any atom is -0.474 e. The van der Waals surface area contributed by atoms with Gasteiger partial charge < -0.3 is 4.74 Å². The Balaban J connectivity index is 1.15. The highest BCUT2D eigenvalue weighted by molar-refractivity contribution is 5.95. The first-order chi connectivity index (χ1) is 14.7. The molecule has 0 saturated heterocycles. The van der Waals surface area contributed by atoms with Crippen molar-refractivity contribution < 1.29 is 9.53 Å². The third kappa shape index (κ3) is 4.44. The van der Waals surface area contributed by atoms with Gasteiger partial charge in [0.25, 0.3) is 0 Å². The summed E-state index contributed by atoms with van der Waals surface area (Å²) in [6.07, 6.45) is 13.2. The van der Waals surface area contributed by atoms with Crippen LogP contribution in [0.25, 0.3) is 0 Å². The summed E-state index contributed by atoms with van der Waals surface area (Å²) in [5.41, 5.74) is 4.94. The van der Waals surface area contributed by atoms with Crippen LogP contribution in [0.2, 0.25) is 0 Å². The molecule has 158 valence electrons. The molecular formula is C26H32N2O2. The van der Waals surface area contributed by atoms with Crippen LogP contribution < -0.4 is 4.74 Å². The number of hydrogen-bond acceptors (Lipinski definition) is 4. The van der Waals surface area contributed by atoms with E-state index in [1.807, 2.05) is 12.1 Å². The number of ether oxygens (including phenoxy) is 1. The largest absolute Gasteiger partial charge is 0.474 e. The van der Waals surface area contributed by atoms with Gasteiger partial charge in [-0.3, -0.25) is 9.69 Å². The summed E-state index contributed by atoms with van der Waals surface area (Å²) >= 11 is 0. The molecule has 2 aliphatic carbocycles. The van der Waals surface area contributed by atoms with Gasteiger partial charge in [0.1, 0.15) is 6.10 Å². The Morgan fingerprint density at radius 2 is 1.80 bits per heavy atom. The van der Waals surface area contributed by atoms with Crippen LogP contribution in [0.5, 0.6) is 5.88 Å². The van der Waals surface area contributed by atoms with Gasteiger partial charge in [-0.15, -0.1) is 0 Å². The zero-order valence-electron chi connectivity index (χ0n) is 17.8. The molecule has 4 nitrogen and oxygen atoms in total. The number of aromatic nitrogens is 1. The fourth-order valence-corrected chi connectivity index (χ4v) is 4.74. The second-order valence-corrected chi connectivity index (χ2v) is 9.20. The van der Waals surface area contributed by atoms with Gasteiger partial charge in [0.05, 0.1) is 0 Å². The Morgan fingerprint density at radius 1 is 1.00 bits per heavy atom. The Bertz CT molecular complexity index is 884. The number of carbonyl (C=O) groups is 1. The van der Waals surface area contributed by atoms with Gasteiger partial charge in [0.2, 0.25) is 5.88 Å². The number of pyridine rings is 1. The molecule has 0 amide bonds. The van der Waals surface area contributed by atoms with Gasteiger partial charge in [-0.25, -0.2) is 4.98 Å². The first-order valence-electron chi connectivity index (χ1n) is 11.8. The molecule has 0 atom stereocenters. The third-order valence-electron chi connectivity index (χ3n) is 7.24. The monoisotopic (exact) mass is 404 g/mol. The van der Waals surface area contributed by atoms with E-state index < -0.39 is 0 Å². The standard InChI is InChI=1S/C26H32N2O2/c29-25(22-10-12-26(27-18-22)30-24-5-2-6-24)11-8-19-7-9-20-13-15-28(23-3-1-4-23)16-14-21(20)17-19/h7,9-10,12,17-18,23-24H,1-6,8,11,13-16H2. The van der Waals surface area contributed by atoms with Gasteiger partial charge in [-0.2, -0.15) is 0 Å². The lowest BCUT2D eigenvalue weighted by Crippen LogP contribution is -2.41. The van der Waals surface area contributed by atoms with Crippen molar-refractivity contribution in [2.45, 2.75) is 76.4 Å². The van der Waals surface area contributed by atoms with Crippen LogP contribution in [-0.2, 0) is 19.3 Å². The van der Waals surface area contributed by atoms with E-state index in [0.717, 1.165) is 38.1 Å².